The zero-order valence-corrected chi connectivity index (χ0v) is 14.4. The maximum Gasteiger partial charge on any atom is 0.373 e. The van der Waals surface area contributed by atoms with Gasteiger partial charge < -0.3 is 18.6 Å². The standard InChI is InChI=1S/C16H14Cl2O6/c1-9(23-13-5-3-10(17)7-12(13)18)15(19)22-8-11-4-6-14(24-11)16(20)21-2/h3-7,9H,8H2,1-2H3/t9-/m0/s1. The van der Waals surface area contributed by atoms with E-state index in [0.717, 1.165) is 0 Å². The molecule has 1 aromatic heterocycles. The van der Waals surface area contributed by atoms with E-state index in [-0.39, 0.29) is 17.4 Å². The topological polar surface area (TPSA) is 75.0 Å². The summed E-state index contributed by atoms with van der Waals surface area (Å²) >= 11 is 11.8. The van der Waals surface area contributed by atoms with Crippen LogP contribution in [0.2, 0.25) is 10.0 Å². The SMILES string of the molecule is COC(=O)c1ccc(COC(=O)[C@H](C)Oc2ccc(Cl)cc2Cl)o1. The molecule has 0 aliphatic carbocycles. The van der Waals surface area contributed by atoms with Crippen LogP contribution in [0.1, 0.15) is 23.2 Å². The van der Waals surface area contributed by atoms with Gasteiger partial charge >= 0.3 is 11.9 Å². The van der Waals surface area contributed by atoms with Crippen molar-refractivity contribution in [2.24, 2.45) is 0 Å². The Labute approximate surface area is 148 Å². The predicted octanol–water partition coefficient (Wildman–Crippen LogP) is 3.88. The Morgan fingerprint density at radius 2 is 1.96 bits per heavy atom. The third-order valence-corrected chi connectivity index (χ3v) is 3.46. The number of hydrogen-bond acceptors (Lipinski definition) is 6. The van der Waals surface area contributed by atoms with Gasteiger partial charge in [-0.15, -0.1) is 0 Å². The summed E-state index contributed by atoms with van der Waals surface area (Å²) in [7, 11) is 1.24. The lowest BCUT2D eigenvalue weighted by Crippen LogP contribution is -2.26. The molecule has 1 heterocycles. The van der Waals surface area contributed by atoms with Gasteiger partial charge in [0.15, 0.2) is 6.10 Å². The molecule has 1 atom stereocenters. The lowest BCUT2D eigenvalue weighted by atomic mass is 10.3. The van der Waals surface area contributed by atoms with Gasteiger partial charge in [-0.3, -0.25) is 0 Å². The fraction of sp³-hybridized carbons (Fsp3) is 0.250. The third kappa shape index (κ3) is 4.66. The first-order chi connectivity index (χ1) is 11.4. The van der Waals surface area contributed by atoms with Crippen molar-refractivity contribution in [3.63, 3.8) is 0 Å². The molecule has 0 aliphatic rings. The van der Waals surface area contributed by atoms with Crippen LogP contribution in [0.15, 0.2) is 34.7 Å². The molecule has 0 unspecified atom stereocenters. The van der Waals surface area contributed by atoms with E-state index >= 15 is 0 Å². The largest absolute Gasteiger partial charge is 0.477 e. The van der Waals surface area contributed by atoms with Crippen molar-refractivity contribution in [3.05, 3.63) is 51.9 Å². The molecule has 0 fully saturated rings. The Kier molecular flexibility index (Phi) is 6.11. The number of esters is 2. The second-order valence-corrected chi connectivity index (χ2v) is 5.54. The Balaban J connectivity index is 1.89. The monoisotopic (exact) mass is 372 g/mol. The highest BCUT2D eigenvalue weighted by Gasteiger charge is 2.19. The maximum absolute atomic E-state index is 11.9. The van der Waals surface area contributed by atoms with Crippen molar-refractivity contribution in [3.8, 4) is 5.75 Å². The Bertz CT molecular complexity index is 740. The van der Waals surface area contributed by atoms with E-state index < -0.39 is 18.0 Å². The average Bonchev–Trinajstić information content (AvgIpc) is 3.03. The summed E-state index contributed by atoms with van der Waals surface area (Å²) in [5.74, 6) is -0.573. The van der Waals surface area contributed by atoms with Crippen molar-refractivity contribution < 1.29 is 28.2 Å². The van der Waals surface area contributed by atoms with Crippen LogP contribution in [0.3, 0.4) is 0 Å². The summed E-state index contributed by atoms with van der Waals surface area (Å²) in [5.41, 5.74) is 0. The maximum atomic E-state index is 11.9. The molecule has 0 saturated heterocycles. The number of furan rings is 1. The van der Waals surface area contributed by atoms with E-state index in [1.54, 1.807) is 12.1 Å². The number of hydrogen-bond donors (Lipinski definition) is 0. The number of halogens is 2. The fourth-order valence-corrected chi connectivity index (χ4v) is 2.19. The third-order valence-electron chi connectivity index (χ3n) is 2.93. The quantitative estimate of drug-likeness (QED) is 0.716. The van der Waals surface area contributed by atoms with Crippen molar-refractivity contribution in [1.82, 2.24) is 0 Å². The van der Waals surface area contributed by atoms with Crippen molar-refractivity contribution in [2.45, 2.75) is 19.6 Å². The molecule has 128 valence electrons. The highest BCUT2D eigenvalue weighted by Crippen LogP contribution is 2.28. The summed E-state index contributed by atoms with van der Waals surface area (Å²) < 4.78 is 20.2. The summed E-state index contributed by atoms with van der Waals surface area (Å²) in [6.45, 7) is 1.38. The molecule has 0 spiro atoms. The van der Waals surface area contributed by atoms with Crippen LogP contribution in [0.4, 0.5) is 0 Å². The molecule has 0 radical (unpaired) electrons. The number of rotatable bonds is 6. The minimum absolute atomic E-state index is 0.0285. The van der Waals surface area contributed by atoms with Gasteiger partial charge in [-0.1, -0.05) is 23.2 Å². The summed E-state index contributed by atoms with van der Waals surface area (Å²) in [4.78, 5) is 23.2. The average molecular weight is 373 g/mol. The molecule has 24 heavy (non-hydrogen) atoms. The van der Waals surface area contributed by atoms with Crippen LogP contribution in [0.5, 0.6) is 5.75 Å². The molecule has 0 bridgehead atoms. The summed E-state index contributed by atoms with van der Waals surface area (Å²) in [5, 5.41) is 0.748. The van der Waals surface area contributed by atoms with E-state index in [1.807, 2.05) is 0 Å². The van der Waals surface area contributed by atoms with Crippen molar-refractivity contribution in [1.29, 1.82) is 0 Å². The number of ether oxygens (including phenoxy) is 3. The normalized spacial score (nSPS) is 11.7. The van der Waals surface area contributed by atoms with E-state index in [0.29, 0.717) is 16.5 Å². The molecule has 6 nitrogen and oxygen atoms in total. The predicted molar refractivity (Wildman–Crippen MR) is 86.4 cm³/mol. The number of benzene rings is 1. The van der Waals surface area contributed by atoms with Gasteiger partial charge in [0.25, 0.3) is 0 Å². The van der Waals surface area contributed by atoms with E-state index in [9.17, 15) is 9.59 Å². The van der Waals surface area contributed by atoms with E-state index in [2.05, 4.69) is 4.74 Å². The van der Waals surface area contributed by atoms with Crippen LogP contribution >= 0.6 is 23.2 Å². The number of carbonyl (C=O) groups is 2. The second-order valence-electron chi connectivity index (χ2n) is 4.70. The first-order valence-corrected chi connectivity index (χ1v) is 7.61. The minimum atomic E-state index is -0.890. The molecule has 8 heteroatoms. The summed E-state index contributed by atoms with van der Waals surface area (Å²) in [6, 6.07) is 7.61. The highest BCUT2D eigenvalue weighted by molar-refractivity contribution is 6.35. The summed E-state index contributed by atoms with van der Waals surface area (Å²) in [6.07, 6.45) is -0.890. The first kappa shape index (κ1) is 18.2. The smallest absolute Gasteiger partial charge is 0.373 e. The van der Waals surface area contributed by atoms with Crippen LogP contribution in [0, 0.1) is 0 Å². The van der Waals surface area contributed by atoms with Crippen molar-refractivity contribution in [2.75, 3.05) is 7.11 Å². The molecule has 0 saturated carbocycles. The Hall–Kier alpha value is -2.18. The molecule has 0 aliphatic heterocycles. The second kappa shape index (κ2) is 8.08. The van der Waals surface area contributed by atoms with E-state index in [4.69, 9.17) is 37.1 Å². The van der Waals surface area contributed by atoms with Crippen LogP contribution in [0.25, 0.3) is 0 Å². The van der Waals surface area contributed by atoms with Crippen molar-refractivity contribution >= 4 is 35.1 Å². The first-order valence-electron chi connectivity index (χ1n) is 6.86. The number of methoxy groups -OCH3 is 1. The van der Waals surface area contributed by atoms with Crippen LogP contribution in [-0.4, -0.2) is 25.2 Å². The van der Waals surface area contributed by atoms with Gasteiger partial charge in [-0.05, 0) is 37.3 Å². The molecule has 0 amide bonds. The zero-order valence-electron chi connectivity index (χ0n) is 12.9. The van der Waals surface area contributed by atoms with Gasteiger partial charge in [0.2, 0.25) is 5.76 Å². The molecule has 2 aromatic rings. The Morgan fingerprint density at radius 3 is 2.62 bits per heavy atom. The lowest BCUT2D eigenvalue weighted by molar-refractivity contribution is -0.153. The van der Waals surface area contributed by atoms with Gasteiger partial charge in [0.1, 0.15) is 18.1 Å². The fourth-order valence-electron chi connectivity index (χ4n) is 1.73. The van der Waals surface area contributed by atoms with Gasteiger partial charge in [-0.2, -0.15) is 0 Å². The minimum Gasteiger partial charge on any atom is -0.477 e. The molecular weight excluding hydrogens is 359 g/mol. The van der Waals surface area contributed by atoms with Gasteiger partial charge in [-0.25, -0.2) is 9.59 Å². The van der Waals surface area contributed by atoms with Crippen LogP contribution in [-0.2, 0) is 20.9 Å². The van der Waals surface area contributed by atoms with E-state index in [1.165, 1.54) is 32.2 Å². The highest BCUT2D eigenvalue weighted by atomic mass is 35.5. The molecular formula is C16H14Cl2O6. The van der Waals surface area contributed by atoms with Crippen LogP contribution < -0.4 is 4.74 Å². The Morgan fingerprint density at radius 1 is 1.21 bits per heavy atom. The molecule has 0 N–H and O–H groups in total. The molecule has 2 rings (SSSR count). The lowest BCUT2D eigenvalue weighted by Gasteiger charge is -2.14. The van der Waals surface area contributed by atoms with Gasteiger partial charge in [0, 0.05) is 5.02 Å². The van der Waals surface area contributed by atoms with Gasteiger partial charge in [0.05, 0.1) is 12.1 Å². The number of carbonyl (C=O) groups excluding carboxylic acids is 2. The zero-order chi connectivity index (χ0) is 17.7. The molecule has 1 aromatic carbocycles.